The van der Waals surface area contributed by atoms with Crippen LogP contribution >= 0.6 is 11.6 Å². The fraction of sp³-hybridized carbons (Fsp3) is 0.400. The fourth-order valence-corrected chi connectivity index (χ4v) is 3.17. The van der Waals surface area contributed by atoms with E-state index in [1.807, 2.05) is 18.2 Å². The topological polar surface area (TPSA) is 64.1 Å². The first kappa shape index (κ1) is 13.5. The van der Waals surface area contributed by atoms with Crippen LogP contribution in [0.1, 0.15) is 37.5 Å². The molecule has 1 fully saturated rings. The van der Waals surface area contributed by atoms with Crippen molar-refractivity contribution < 1.29 is 5.11 Å². The summed E-state index contributed by atoms with van der Waals surface area (Å²) in [5.41, 5.74) is 7.75. The minimum absolute atomic E-state index is 0.00723. The third-order valence-corrected chi connectivity index (χ3v) is 4.25. The lowest BCUT2D eigenvalue weighted by molar-refractivity contribution is 0.324. The molecule has 1 aromatic carbocycles. The zero-order valence-electron chi connectivity index (χ0n) is 11.2. The Morgan fingerprint density at radius 1 is 1.35 bits per heavy atom. The van der Waals surface area contributed by atoms with Crippen molar-refractivity contribution in [3.63, 3.8) is 0 Å². The summed E-state index contributed by atoms with van der Waals surface area (Å²) in [5, 5.41) is 10.5. The molecule has 3 rings (SSSR count). The molecule has 106 valence electrons. The van der Waals surface area contributed by atoms with Gasteiger partial charge in [-0.3, -0.25) is 0 Å². The molecule has 0 amide bonds. The SMILES string of the molecule is C=C(O)c1nc2cc(Cl)ccc2n1C1CCC(N)CC1. The van der Waals surface area contributed by atoms with Gasteiger partial charge in [-0.2, -0.15) is 0 Å². The summed E-state index contributed by atoms with van der Waals surface area (Å²) in [6, 6.07) is 6.21. The number of halogens is 1. The second-order valence-corrected chi connectivity index (χ2v) is 5.89. The molecule has 2 aromatic rings. The van der Waals surface area contributed by atoms with Crippen molar-refractivity contribution in [3.8, 4) is 0 Å². The molecule has 1 aromatic heterocycles. The van der Waals surface area contributed by atoms with E-state index >= 15 is 0 Å². The Kier molecular flexibility index (Phi) is 3.44. The highest BCUT2D eigenvalue weighted by Crippen LogP contribution is 2.34. The largest absolute Gasteiger partial charge is 0.505 e. The van der Waals surface area contributed by atoms with Crippen molar-refractivity contribution in [2.75, 3.05) is 0 Å². The van der Waals surface area contributed by atoms with Crippen LogP contribution in [-0.4, -0.2) is 20.7 Å². The molecular formula is C15H18ClN3O. The molecule has 0 bridgehead atoms. The number of aliphatic hydroxyl groups excluding tert-OH is 1. The summed E-state index contributed by atoms with van der Waals surface area (Å²) in [6.45, 7) is 3.63. The second kappa shape index (κ2) is 5.11. The van der Waals surface area contributed by atoms with Crippen LogP contribution in [0.2, 0.25) is 5.02 Å². The number of hydrogen-bond donors (Lipinski definition) is 2. The number of imidazole rings is 1. The number of hydrogen-bond acceptors (Lipinski definition) is 3. The average Bonchev–Trinajstić information content (AvgIpc) is 2.78. The normalized spacial score (nSPS) is 23.1. The Morgan fingerprint density at radius 2 is 2.05 bits per heavy atom. The van der Waals surface area contributed by atoms with Gasteiger partial charge < -0.3 is 15.4 Å². The summed E-state index contributed by atoms with van der Waals surface area (Å²) in [7, 11) is 0. The minimum Gasteiger partial charge on any atom is -0.505 e. The van der Waals surface area contributed by atoms with Crippen molar-refractivity contribution in [2.45, 2.75) is 37.8 Å². The maximum atomic E-state index is 9.82. The first-order valence-electron chi connectivity index (χ1n) is 6.87. The van der Waals surface area contributed by atoms with Gasteiger partial charge in [-0.05, 0) is 43.9 Å². The first-order chi connectivity index (χ1) is 9.56. The van der Waals surface area contributed by atoms with E-state index in [-0.39, 0.29) is 11.8 Å². The summed E-state index contributed by atoms with van der Waals surface area (Å²) in [5.74, 6) is 0.523. The molecule has 20 heavy (non-hydrogen) atoms. The van der Waals surface area contributed by atoms with Gasteiger partial charge >= 0.3 is 0 Å². The highest BCUT2D eigenvalue weighted by Gasteiger charge is 2.25. The highest BCUT2D eigenvalue weighted by atomic mass is 35.5. The van der Waals surface area contributed by atoms with Gasteiger partial charge in [0.15, 0.2) is 11.6 Å². The maximum absolute atomic E-state index is 9.82. The number of aliphatic hydroxyl groups is 1. The Balaban J connectivity index is 2.11. The number of rotatable bonds is 2. The second-order valence-electron chi connectivity index (χ2n) is 5.45. The van der Waals surface area contributed by atoms with E-state index in [4.69, 9.17) is 17.3 Å². The van der Waals surface area contributed by atoms with E-state index in [2.05, 4.69) is 16.1 Å². The van der Waals surface area contributed by atoms with Crippen molar-refractivity contribution in [1.29, 1.82) is 0 Å². The smallest absolute Gasteiger partial charge is 0.175 e. The first-order valence-corrected chi connectivity index (χ1v) is 7.25. The molecule has 0 aliphatic heterocycles. The van der Waals surface area contributed by atoms with Gasteiger partial charge in [0.25, 0.3) is 0 Å². The van der Waals surface area contributed by atoms with Crippen LogP contribution in [0, 0.1) is 0 Å². The minimum atomic E-state index is -0.00723. The van der Waals surface area contributed by atoms with Crippen LogP contribution in [0.5, 0.6) is 0 Å². The molecule has 1 aliphatic carbocycles. The monoisotopic (exact) mass is 291 g/mol. The lowest BCUT2D eigenvalue weighted by Gasteiger charge is -2.28. The lowest BCUT2D eigenvalue weighted by Crippen LogP contribution is -2.28. The average molecular weight is 292 g/mol. The fourth-order valence-electron chi connectivity index (χ4n) is 3.00. The summed E-state index contributed by atoms with van der Waals surface area (Å²) in [6.07, 6.45) is 3.98. The Bertz CT molecular complexity index is 656. The van der Waals surface area contributed by atoms with Crippen LogP contribution in [0.3, 0.4) is 0 Å². The van der Waals surface area contributed by atoms with E-state index in [0.29, 0.717) is 16.9 Å². The summed E-state index contributed by atoms with van der Waals surface area (Å²) in [4.78, 5) is 4.46. The molecule has 3 N–H and O–H groups in total. The molecular weight excluding hydrogens is 274 g/mol. The van der Waals surface area contributed by atoms with E-state index < -0.39 is 0 Å². The van der Waals surface area contributed by atoms with Crippen molar-refractivity contribution in [3.05, 3.63) is 35.6 Å². The molecule has 1 heterocycles. The van der Waals surface area contributed by atoms with Crippen LogP contribution in [0.15, 0.2) is 24.8 Å². The van der Waals surface area contributed by atoms with Gasteiger partial charge in [0, 0.05) is 17.1 Å². The van der Waals surface area contributed by atoms with Crippen molar-refractivity contribution in [1.82, 2.24) is 9.55 Å². The Hall–Kier alpha value is -1.52. The standard InChI is InChI=1S/C15H18ClN3O/c1-9(20)15-18-13-8-10(16)2-7-14(13)19(15)12-5-3-11(17)4-6-12/h2,7-8,11-12,20H,1,3-6,17H2. The predicted molar refractivity (Wildman–Crippen MR) is 81.9 cm³/mol. The van der Waals surface area contributed by atoms with E-state index in [0.717, 1.165) is 36.7 Å². The van der Waals surface area contributed by atoms with Gasteiger partial charge in [0.05, 0.1) is 11.0 Å². The van der Waals surface area contributed by atoms with Crippen molar-refractivity contribution in [2.24, 2.45) is 5.73 Å². The lowest BCUT2D eigenvalue weighted by atomic mass is 9.91. The molecule has 0 radical (unpaired) electrons. The Labute approximate surface area is 122 Å². The number of nitrogens with zero attached hydrogens (tertiary/aromatic N) is 2. The molecule has 0 saturated heterocycles. The van der Waals surface area contributed by atoms with Crippen LogP contribution < -0.4 is 5.73 Å². The maximum Gasteiger partial charge on any atom is 0.175 e. The number of aromatic nitrogens is 2. The van der Waals surface area contributed by atoms with E-state index in [1.165, 1.54) is 0 Å². The summed E-state index contributed by atoms with van der Waals surface area (Å²) < 4.78 is 2.08. The molecule has 0 unspecified atom stereocenters. The van der Waals surface area contributed by atoms with Gasteiger partial charge in [-0.1, -0.05) is 18.2 Å². The number of benzene rings is 1. The molecule has 0 spiro atoms. The molecule has 4 nitrogen and oxygen atoms in total. The molecule has 5 heteroatoms. The number of fused-ring (bicyclic) bond motifs is 1. The van der Waals surface area contributed by atoms with Gasteiger partial charge in [0.2, 0.25) is 0 Å². The van der Waals surface area contributed by atoms with E-state index in [9.17, 15) is 5.11 Å². The van der Waals surface area contributed by atoms with Crippen LogP contribution in [0.4, 0.5) is 0 Å². The van der Waals surface area contributed by atoms with Gasteiger partial charge in [0.1, 0.15) is 0 Å². The van der Waals surface area contributed by atoms with Crippen molar-refractivity contribution >= 4 is 28.4 Å². The van der Waals surface area contributed by atoms with Crippen LogP contribution in [-0.2, 0) is 0 Å². The molecule has 1 saturated carbocycles. The quantitative estimate of drug-likeness (QED) is 0.830. The Morgan fingerprint density at radius 3 is 2.70 bits per heavy atom. The molecule has 1 aliphatic rings. The third kappa shape index (κ3) is 2.30. The van der Waals surface area contributed by atoms with Gasteiger partial charge in [-0.25, -0.2) is 4.98 Å². The third-order valence-electron chi connectivity index (χ3n) is 4.02. The van der Waals surface area contributed by atoms with E-state index in [1.54, 1.807) is 0 Å². The zero-order chi connectivity index (χ0) is 14.3. The van der Waals surface area contributed by atoms with Gasteiger partial charge in [-0.15, -0.1) is 0 Å². The van der Waals surface area contributed by atoms with Crippen LogP contribution in [0.25, 0.3) is 16.8 Å². The zero-order valence-corrected chi connectivity index (χ0v) is 12.0. The predicted octanol–water partition coefficient (Wildman–Crippen LogP) is 3.66. The summed E-state index contributed by atoms with van der Waals surface area (Å²) >= 11 is 6.01. The molecule has 0 atom stereocenters. The highest BCUT2D eigenvalue weighted by molar-refractivity contribution is 6.31. The number of nitrogens with two attached hydrogens (primary N) is 1.